The molecule has 0 aromatic heterocycles. The summed E-state index contributed by atoms with van der Waals surface area (Å²) in [7, 11) is 0. The third-order valence-electron chi connectivity index (χ3n) is 2.51. The Labute approximate surface area is 78.4 Å². The van der Waals surface area contributed by atoms with E-state index in [0.29, 0.717) is 5.92 Å². The van der Waals surface area contributed by atoms with E-state index in [1.54, 1.807) is 0 Å². The molecule has 0 unspecified atom stereocenters. The molecule has 0 aliphatic heterocycles. The molecule has 1 aliphatic rings. The summed E-state index contributed by atoms with van der Waals surface area (Å²) >= 11 is 0. The molecule has 0 spiro atoms. The summed E-state index contributed by atoms with van der Waals surface area (Å²) < 4.78 is 0. The Morgan fingerprint density at radius 2 is 2.23 bits per heavy atom. The first-order chi connectivity index (χ1) is 6.36. The zero-order valence-electron chi connectivity index (χ0n) is 7.46. The molecule has 1 fully saturated rings. The lowest BCUT2D eigenvalue weighted by atomic mass is 9.98. The molecule has 0 saturated heterocycles. The number of terminal acetylenes is 1. The molecule has 1 nitrogen and oxygen atoms in total. The second kappa shape index (κ2) is 3.24. The van der Waals surface area contributed by atoms with Crippen molar-refractivity contribution < 1.29 is 5.11 Å². The number of hydrogen-bond donors (Lipinski definition) is 1. The molecular weight excluding hydrogens is 160 g/mol. The highest BCUT2D eigenvalue weighted by molar-refractivity contribution is 5.48. The Morgan fingerprint density at radius 3 is 2.77 bits per heavy atom. The monoisotopic (exact) mass is 172 g/mol. The lowest BCUT2D eigenvalue weighted by Crippen LogP contribution is -1.95. The van der Waals surface area contributed by atoms with Crippen molar-refractivity contribution in [3.05, 3.63) is 34.9 Å². The molecule has 1 N–H and O–H groups in total. The van der Waals surface area contributed by atoms with Crippen LogP contribution in [0.15, 0.2) is 18.2 Å². The van der Waals surface area contributed by atoms with E-state index in [4.69, 9.17) is 11.5 Å². The SMILES string of the molecule is C#Cc1cccc(CO)c1C1CC1. The first-order valence-electron chi connectivity index (χ1n) is 4.56. The Bertz CT molecular complexity index is 356. The second-order valence-electron chi connectivity index (χ2n) is 3.46. The van der Waals surface area contributed by atoms with Crippen LogP contribution in [0, 0.1) is 12.3 Å². The summed E-state index contributed by atoms with van der Waals surface area (Å²) in [4.78, 5) is 0. The summed E-state index contributed by atoms with van der Waals surface area (Å²) in [5.74, 6) is 3.29. The van der Waals surface area contributed by atoms with Crippen LogP contribution in [0.25, 0.3) is 0 Å². The second-order valence-corrected chi connectivity index (χ2v) is 3.46. The molecule has 1 heteroatoms. The molecule has 0 radical (unpaired) electrons. The molecule has 1 saturated carbocycles. The first kappa shape index (κ1) is 8.34. The molecule has 1 aromatic carbocycles. The van der Waals surface area contributed by atoms with Crippen molar-refractivity contribution in [3.8, 4) is 12.3 Å². The average Bonchev–Trinajstić information content (AvgIpc) is 3.00. The van der Waals surface area contributed by atoms with Gasteiger partial charge in [-0.25, -0.2) is 0 Å². The van der Waals surface area contributed by atoms with Gasteiger partial charge in [-0.1, -0.05) is 18.1 Å². The van der Waals surface area contributed by atoms with E-state index < -0.39 is 0 Å². The summed E-state index contributed by atoms with van der Waals surface area (Å²) in [5, 5.41) is 9.15. The summed E-state index contributed by atoms with van der Waals surface area (Å²) in [6.45, 7) is 0.0986. The van der Waals surface area contributed by atoms with Crippen LogP contribution in [-0.4, -0.2) is 5.11 Å². The smallest absolute Gasteiger partial charge is 0.0685 e. The van der Waals surface area contributed by atoms with Gasteiger partial charge in [-0.3, -0.25) is 0 Å². The Hall–Kier alpha value is -1.26. The number of aliphatic hydroxyl groups excluding tert-OH is 1. The molecule has 66 valence electrons. The summed E-state index contributed by atoms with van der Waals surface area (Å²) in [5.41, 5.74) is 3.15. The van der Waals surface area contributed by atoms with E-state index in [9.17, 15) is 0 Å². The largest absolute Gasteiger partial charge is 0.392 e. The van der Waals surface area contributed by atoms with Gasteiger partial charge in [-0.15, -0.1) is 6.42 Å². The normalized spacial score (nSPS) is 15.4. The van der Waals surface area contributed by atoms with Gasteiger partial charge in [-0.2, -0.15) is 0 Å². The molecule has 1 aromatic rings. The highest BCUT2D eigenvalue weighted by atomic mass is 16.3. The fraction of sp³-hybridized carbons (Fsp3) is 0.333. The highest BCUT2D eigenvalue weighted by Gasteiger charge is 2.27. The van der Waals surface area contributed by atoms with Gasteiger partial charge in [0.15, 0.2) is 0 Å². The minimum absolute atomic E-state index is 0.0986. The predicted molar refractivity (Wildman–Crippen MR) is 52.3 cm³/mol. The van der Waals surface area contributed by atoms with E-state index in [2.05, 4.69) is 5.92 Å². The van der Waals surface area contributed by atoms with Crippen LogP contribution in [0.1, 0.15) is 35.4 Å². The van der Waals surface area contributed by atoms with Crippen LogP contribution in [0.4, 0.5) is 0 Å². The van der Waals surface area contributed by atoms with Crippen molar-refractivity contribution in [3.63, 3.8) is 0 Å². The van der Waals surface area contributed by atoms with Gasteiger partial charge < -0.3 is 5.11 Å². The predicted octanol–water partition coefficient (Wildman–Crippen LogP) is 2.04. The molecule has 2 rings (SSSR count). The standard InChI is InChI=1S/C12H12O/c1-2-9-4-3-5-11(8-13)12(9)10-6-7-10/h1,3-5,10,13H,6-8H2. The van der Waals surface area contributed by atoms with Gasteiger partial charge >= 0.3 is 0 Å². The van der Waals surface area contributed by atoms with Crippen LogP contribution in [0.3, 0.4) is 0 Å². The molecular formula is C12H12O. The van der Waals surface area contributed by atoms with Crippen LogP contribution in [-0.2, 0) is 6.61 Å². The fourth-order valence-corrected chi connectivity index (χ4v) is 1.73. The van der Waals surface area contributed by atoms with Gasteiger partial charge in [0.2, 0.25) is 0 Å². The zero-order valence-corrected chi connectivity index (χ0v) is 7.46. The maximum Gasteiger partial charge on any atom is 0.0685 e. The molecule has 13 heavy (non-hydrogen) atoms. The molecule has 0 bridgehead atoms. The number of rotatable bonds is 2. The van der Waals surface area contributed by atoms with Crippen LogP contribution in [0.5, 0.6) is 0 Å². The maximum absolute atomic E-state index is 9.15. The van der Waals surface area contributed by atoms with E-state index >= 15 is 0 Å². The van der Waals surface area contributed by atoms with Crippen molar-refractivity contribution >= 4 is 0 Å². The van der Waals surface area contributed by atoms with E-state index in [1.165, 1.54) is 18.4 Å². The minimum atomic E-state index is 0.0986. The van der Waals surface area contributed by atoms with Crippen LogP contribution in [0.2, 0.25) is 0 Å². The van der Waals surface area contributed by atoms with Crippen molar-refractivity contribution in [2.75, 3.05) is 0 Å². The van der Waals surface area contributed by atoms with Crippen LogP contribution >= 0.6 is 0 Å². The van der Waals surface area contributed by atoms with Gasteiger partial charge in [0.05, 0.1) is 6.61 Å². The molecule has 0 heterocycles. The zero-order chi connectivity index (χ0) is 9.26. The number of aliphatic hydroxyl groups is 1. The lowest BCUT2D eigenvalue weighted by molar-refractivity contribution is 0.280. The minimum Gasteiger partial charge on any atom is -0.392 e. The third kappa shape index (κ3) is 1.46. The number of benzene rings is 1. The fourth-order valence-electron chi connectivity index (χ4n) is 1.73. The lowest BCUT2D eigenvalue weighted by Gasteiger charge is -2.08. The summed E-state index contributed by atoms with van der Waals surface area (Å²) in [6.07, 6.45) is 7.84. The van der Waals surface area contributed by atoms with Crippen molar-refractivity contribution in [2.24, 2.45) is 0 Å². The Morgan fingerprint density at radius 1 is 1.46 bits per heavy atom. The highest BCUT2D eigenvalue weighted by Crippen LogP contribution is 2.43. The van der Waals surface area contributed by atoms with Gasteiger partial charge in [0, 0.05) is 5.56 Å². The van der Waals surface area contributed by atoms with E-state index in [0.717, 1.165) is 11.1 Å². The Kier molecular flexibility index (Phi) is 2.08. The van der Waals surface area contributed by atoms with Crippen molar-refractivity contribution in [2.45, 2.75) is 25.4 Å². The van der Waals surface area contributed by atoms with E-state index in [-0.39, 0.29) is 6.61 Å². The third-order valence-corrected chi connectivity index (χ3v) is 2.51. The van der Waals surface area contributed by atoms with Gasteiger partial charge in [-0.05, 0) is 36.0 Å². The van der Waals surface area contributed by atoms with Crippen LogP contribution < -0.4 is 0 Å². The summed E-state index contributed by atoms with van der Waals surface area (Å²) in [6, 6.07) is 5.81. The van der Waals surface area contributed by atoms with E-state index in [1.807, 2.05) is 18.2 Å². The Balaban J connectivity index is 2.52. The first-order valence-corrected chi connectivity index (χ1v) is 4.56. The topological polar surface area (TPSA) is 20.2 Å². The van der Waals surface area contributed by atoms with Gasteiger partial charge in [0.25, 0.3) is 0 Å². The van der Waals surface area contributed by atoms with Gasteiger partial charge in [0.1, 0.15) is 0 Å². The average molecular weight is 172 g/mol. The molecule has 0 amide bonds. The van der Waals surface area contributed by atoms with Crippen molar-refractivity contribution in [1.82, 2.24) is 0 Å². The maximum atomic E-state index is 9.15. The molecule has 0 atom stereocenters. The molecule has 1 aliphatic carbocycles. The number of hydrogen-bond acceptors (Lipinski definition) is 1. The van der Waals surface area contributed by atoms with Crippen molar-refractivity contribution in [1.29, 1.82) is 0 Å². The quantitative estimate of drug-likeness (QED) is 0.677.